The quantitative estimate of drug-likeness (QED) is 0.898. The highest BCUT2D eigenvalue weighted by Crippen LogP contribution is 2.39. The summed E-state index contributed by atoms with van der Waals surface area (Å²) in [5.41, 5.74) is 2.58. The van der Waals surface area contributed by atoms with Gasteiger partial charge < -0.3 is 10.2 Å². The van der Waals surface area contributed by atoms with Crippen molar-refractivity contribution in [2.45, 2.75) is 38.1 Å². The van der Waals surface area contributed by atoms with Gasteiger partial charge in [-0.15, -0.1) is 0 Å². The van der Waals surface area contributed by atoms with Gasteiger partial charge in [-0.3, -0.25) is 4.79 Å². The van der Waals surface area contributed by atoms with Crippen LogP contribution in [0.1, 0.15) is 36.8 Å². The lowest BCUT2D eigenvalue weighted by Gasteiger charge is -2.32. The molecule has 2 fully saturated rings. The van der Waals surface area contributed by atoms with Crippen molar-refractivity contribution in [1.29, 1.82) is 0 Å². The maximum atomic E-state index is 12.2. The molecule has 1 aromatic carbocycles. The van der Waals surface area contributed by atoms with E-state index in [0.29, 0.717) is 12.5 Å². The van der Waals surface area contributed by atoms with E-state index < -0.39 is 0 Å². The van der Waals surface area contributed by atoms with Gasteiger partial charge in [-0.2, -0.15) is 0 Å². The van der Waals surface area contributed by atoms with Crippen molar-refractivity contribution in [2.24, 2.45) is 0 Å². The Morgan fingerprint density at radius 1 is 1.32 bits per heavy atom. The number of benzene rings is 1. The molecule has 3 rings (SSSR count). The van der Waals surface area contributed by atoms with Gasteiger partial charge in [-0.25, -0.2) is 0 Å². The van der Waals surface area contributed by atoms with Crippen LogP contribution in [0, 0.1) is 0 Å². The van der Waals surface area contributed by atoms with E-state index in [0.717, 1.165) is 31.1 Å². The normalized spacial score (nSPS) is 23.4. The summed E-state index contributed by atoms with van der Waals surface area (Å²) in [6.07, 6.45) is 3.20. The average molecular weight is 258 g/mol. The first-order valence-electron chi connectivity index (χ1n) is 7.32. The monoisotopic (exact) mass is 258 g/mol. The van der Waals surface area contributed by atoms with E-state index >= 15 is 0 Å². The van der Waals surface area contributed by atoms with Gasteiger partial charge in [-0.1, -0.05) is 24.3 Å². The Morgan fingerprint density at radius 3 is 2.68 bits per heavy atom. The van der Waals surface area contributed by atoms with Crippen LogP contribution in [0.2, 0.25) is 0 Å². The number of carbonyl (C=O) groups excluding carboxylic acids is 1. The summed E-state index contributed by atoms with van der Waals surface area (Å²) >= 11 is 0. The fourth-order valence-corrected chi connectivity index (χ4v) is 2.77. The van der Waals surface area contributed by atoms with E-state index in [4.69, 9.17) is 0 Å². The van der Waals surface area contributed by atoms with Gasteiger partial charge in [0, 0.05) is 25.7 Å². The molecular formula is C16H22N2O. The number of hydrogen-bond donors (Lipinski definition) is 1. The smallest absolute Gasteiger partial charge is 0.227 e. The molecule has 0 radical (unpaired) electrons. The Bertz CT molecular complexity index is 450. The average Bonchev–Trinajstić information content (AvgIpc) is 3.24. The molecule has 3 nitrogen and oxygen atoms in total. The Kier molecular flexibility index (Phi) is 3.56. The third kappa shape index (κ3) is 3.16. The summed E-state index contributed by atoms with van der Waals surface area (Å²) in [5.74, 6) is 1.05. The molecule has 1 aliphatic carbocycles. The van der Waals surface area contributed by atoms with Crippen LogP contribution in [0.5, 0.6) is 0 Å². The van der Waals surface area contributed by atoms with Gasteiger partial charge in [-0.05, 0) is 36.8 Å². The molecule has 1 heterocycles. The molecule has 1 aliphatic heterocycles. The first kappa shape index (κ1) is 12.7. The summed E-state index contributed by atoms with van der Waals surface area (Å²) in [6.45, 7) is 4.71. The molecule has 2 aliphatic rings. The highest BCUT2D eigenvalue weighted by molar-refractivity contribution is 5.79. The van der Waals surface area contributed by atoms with Crippen molar-refractivity contribution >= 4 is 5.91 Å². The highest BCUT2D eigenvalue weighted by Gasteiger charge is 2.23. The number of nitrogens with one attached hydrogen (secondary N) is 1. The molecule has 0 bridgehead atoms. The molecule has 1 atom stereocenters. The Morgan fingerprint density at radius 2 is 2.05 bits per heavy atom. The number of amides is 1. The maximum Gasteiger partial charge on any atom is 0.227 e. The Balaban J connectivity index is 1.58. The number of piperazine rings is 1. The summed E-state index contributed by atoms with van der Waals surface area (Å²) in [6, 6.07) is 9.05. The summed E-state index contributed by atoms with van der Waals surface area (Å²) in [7, 11) is 0. The zero-order chi connectivity index (χ0) is 13.2. The molecule has 0 spiro atoms. The fraction of sp³-hybridized carbons (Fsp3) is 0.562. The van der Waals surface area contributed by atoms with Gasteiger partial charge in [0.2, 0.25) is 5.91 Å². The van der Waals surface area contributed by atoms with Crippen LogP contribution >= 0.6 is 0 Å². The van der Waals surface area contributed by atoms with E-state index in [1.165, 1.54) is 18.4 Å². The lowest BCUT2D eigenvalue weighted by atomic mass is 10.1. The van der Waals surface area contributed by atoms with E-state index in [-0.39, 0.29) is 5.91 Å². The standard InChI is InChI=1S/C16H22N2O/c1-12-11-18(9-8-17-12)16(19)10-13-2-4-14(5-3-13)15-6-7-15/h2-5,12,15,17H,6-11H2,1H3/t12-/m1/s1. The van der Waals surface area contributed by atoms with Crippen LogP contribution in [0.25, 0.3) is 0 Å². The van der Waals surface area contributed by atoms with Gasteiger partial charge in [0.1, 0.15) is 0 Å². The van der Waals surface area contributed by atoms with Crippen molar-refractivity contribution in [3.63, 3.8) is 0 Å². The summed E-state index contributed by atoms with van der Waals surface area (Å²) in [4.78, 5) is 14.2. The van der Waals surface area contributed by atoms with Crippen molar-refractivity contribution in [1.82, 2.24) is 10.2 Å². The lowest BCUT2D eigenvalue weighted by Crippen LogP contribution is -2.51. The maximum absolute atomic E-state index is 12.2. The molecule has 102 valence electrons. The molecular weight excluding hydrogens is 236 g/mol. The van der Waals surface area contributed by atoms with Crippen molar-refractivity contribution in [2.75, 3.05) is 19.6 Å². The lowest BCUT2D eigenvalue weighted by molar-refractivity contribution is -0.131. The molecule has 19 heavy (non-hydrogen) atoms. The SMILES string of the molecule is C[C@@H]1CN(C(=O)Cc2ccc(C3CC3)cc2)CCN1. The van der Waals surface area contributed by atoms with Crippen LogP contribution < -0.4 is 5.32 Å². The predicted octanol–water partition coefficient (Wildman–Crippen LogP) is 1.93. The number of carbonyl (C=O) groups is 1. The second-order valence-corrected chi connectivity index (χ2v) is 5.89. The summed E-state index contributed by atoms with van der Waals surface area (Å²) in [5, 5.41) is 3.36. The Hall–Kier alpha value is -1.35. The molecule has 1 saturated carbocycles. The molecule has 1 amide bonds. The van der Waals surface area contributed by atoms with Gasteiger partial charge in [0.25, 0.3) is 0 Å². The Labute approximate surface area is 115 Å². The predicted molar refractivity (Wildman–Crippen MR) is 76.2 cm³/mol. The second-order valence-electron chi connectivity index (χ2n) is 5.89. The summed E-state index contributed by atoms with van der Waals surface area (Å²) < 4.78 is 0. The molecule has 0 aromatic heterocycles. The third-order valence-electron chi connectivity index (χ3n) is 4.11. The first-order chi connectivity index (χ1) is 9.22. The van der Waals surface area contributed by atoms with E-state index in [2.05, 4.69) is 36.5 Å². The van der Waals surface area contributed by atoms with Gasteiger partial charge >= 0.3 is 0 Å². The van der Waals surface area contributed by atoms with Gasteiger partial charge in [0.15, 0.2) is 0 Å². The van der Waals surface area contributed by atoms with Crippen LogP contribution in [0.15, 0.2) is 24.3 Å². The van der Waals surface area contributed by atoms with Crippen LogP contribution in [0.4, 0.5) is 0 Å². The number of rotatable bonds is 3. The van der Waals surface area contributed by atoms with E-state index in [9.17, 15) is 4.79 Å². The topological polar surface area (TPSA) is 32.3 Å². The molecule has 1 N–H and O–H groups in total. The van der Waals surface area contributed by atoms with E-state index in [1.54, 1.807) is 0 Å². The zero-order valence-corrected chi connectivity index (χ0v) is 11.6. The minimum atomic E-state index is 0.257. The van der Waals surface area contributed by atoms with Crippen molar-refractivity contribution in [3.05, 3.63) is 35.4 Å². The first-order valence-corrected chi connectivity index (χ1v) is 7.32. The number of nitrogens with zero attached hydrogens (tertiary/aromatic N) is 1. The van der Waals surface area contributed by atoms with Crippen LogP contribution in [-0.4, -0.2) is 36.5 Å². The number of hydrogen-bond acceptors (Lipinski definition) is 2. The van der Waals surface area contributed by atoms with Gasteiger partial charge in [0.05, 0.1) is 6.42 Å². The molecule has 0 unspecified atom stereocenters. The molecule has 3 heteroatoms. The zero-order valence-electron chi connectivity index (χ0n) is 11.6. The highest BCUT2D eigenvalue weighted by atomic mass is 16.2. The van der Waals surface area contributed by atoms with Crippen molar-refractivity contribution in [3.8, 4) is 0 Å². The van der Waals surface area contributed by atoms with Crippen molar-refractivity contribution < 1.29 is 4.79 Å². The van der Waals surface area contributed by atoms with Crippen LogP contribution in [-0.2, 0) is 11.2 Å². The molecule has 1 saturated heterocycles. The minimum Gasteiger partial charge on any atom is -0.340 e. The van der Waals surface area contributed by atoms with E-state index in [1.807, 2.05) is 4.90 Å². The molecule has 1 aromatic rings. The third-order valence-corrected chi connectivity index (χ3v) is 4.11. The van der Waals surface area contributed by atoms with Crippen LogP contribution in [0.3, 0.4) is 0 Å². The fourth-order valence-electron chi connectivity index (χ4n) is 2.77. The largest absolute Gasteiger partial charge is 0.340 e. The second kappa shape index (κ2) is 5.33. The minimum absolute atomic E-state index is 0.257.